The summed E-state index contributed by atoms with van der Waals surface area (Å²) in [5, 5.41) is 15.5. The van der Waals surface area contributed by atoms with E-state index in [4.69, 9.17) is 5.11 Å². The monoisotopic (exact) mass is 242 g/mol. The molecule has 1 aromatic heterocycles. The van der Waals surface area contributed by atoms with Crippen molar-refractivity contribution in [3.8, 4) is 0 Å². The average molecular weight is 242 g/mol. The summed E-state index contributed by atoms with van der Waals surface area (Å²) in [5.74, 6) is 1.35. The van der Waals surface area contributed by atoms with Gasteiger partial charge in [-0.05, 0) is 19.2 Å². The fourth-order valence-electron chi connectivity index (χ4n) is 1.32. The molecule has 0 spiro atoms. The van der Waals surface area contributed by atoms with Crippen molar-refractivity contribution < 1.29 is 5.11 Å². The van der Waals surface area contributed by atoms with E-state index in [0.29, 0.717) is 5.95 Å². The van der Waals surface area contributed by atoms with Crippen LogP contribution >= 0.6 is 11.8 Å². The van der Waals surface area contributed by atoms with Gasteiger partial charge in [-0.1, -0.05) is 0 Å². The quantitative estimate of drug-likeness (QED) is 0.692. The van der Waals surface area contributed by atoms with E-state index in [0.717, 1.165) is 5.82 Å². The fourth-order valence-corrected chi connectivity index (χ4v) is 1.95. The first-order valence-electron chi connectivity index (χ1n) is 5.12. The van der Waals surface area contributed by atoms with E-state index in [9.17, 15) is 0 Å². The molecule has 0 saturated heterocycles. The lowest BCUT2D eigenvalue weighted by Crippen LogP contribution is -2.31. The summed E-state index contributed by atoms with van der Waals surface area (Å²) in [6, 6.07) is 1.96. The Bertz CT molecular complexity index is 319. The average Bonchev–Trinajstić information content (AvgIpc) is 2.31. The number of nitrogens with one attached hydrogen (secondary N) is 2. The minimum absolute atomic E-state index is 0.152. The normalized spacial score (nSPS) is 14.2. The molecule has 0 aromatic carbocycles. The van der Waals surface area contributed by atoms with Crippen LogP contribution in [0.3, 0.4) is 0 Å². The Labute approximate surface area is 100 Å². The van der Waals surface area contributed by atoms with E-state index in [-0.39, 0.29) is 17.9 Å². The number of nitrogens with zero attached hydrogens (tertiary/aromatic N) is 2. The van der Waals surface area contributed by atoms with Gasteiger partial charge in [0.15, 0.2) is 0 Å². The van der Waals surface area contributed by atoms with Crippen molar-refractivity contribution in [3.63, 3.8) is 0 Å². The molecule has 0 aliphatic carbocycles. The molecule has 0 fully saturated rings. The van der Waals surface area contributed by atoms with Gasteiger partial charge in [-0.2, -0.15) is 16.7 Å². The largest absolute Gasteiger partial charge is 0.395 e. The van der Waals surface area contributed by atoms with Crippen LogP contribution in [0.1, 0.15) is 6.92 Å². The van der Waals surface area contributed by atoms with Crippen LogP contribution in [0.5, 0.6) is 0 Å². The lowest BCUT2D eigenvalue weighted by Gasteiger charge is -2.21. The van der Waals surface area contributed by atoms with E-state index in [1.54, 1.807) is 25.0 Å². The highest BCUT2D eigenvalue weighted by molar-refractivity contribution is 7.99. The molecule has 0 radical (unpaired) electrons. The summed E-state index contributed by atoms with van der Waals surface area (Å²) >= 11 is 1.64. The molecule has 5 nitrogen and oxygen atoms in total. The molecule has 1 rings (SSSR count). The maximum Gasteiger partial charge on any atom is 0.224 e. The van der Waals surface area contributed by atoms with Gasteiger partial charge in [0.2, 0.25) is 5.95 Å². The Morgan fingerprint density at radius 1 is 1.56 bits per heavy atom. The molecule has 2 unspecified atom stereocenters. The predicted molar refractivity (Wildman–Crippen MR) is 69.1 cm³/mol. The number of aromatic nitrogens is 2. The summed E-state index contributed by atoms with van der Waals surface area (Å²) in [7, 11) is 1.78. The van der Waals surface area contributed by atoms with Gasteiger partial charge in [-0.3, -0.25) is 0 Å². The van der Waals surface area contributed by atoms with Crippen LogP contribution in [0.4, 0.5) is 11.8 Å². The third-order valence-electron chi connectivity index (χ3n) is 2.30. The molecule has 0 aliphatic rings. The second-order valence-corrected chi connectivity index (χ2v) is 4.48. The smallest absolute Gasteiger partial charge is 0.224 e. The number of aliphatic hydroxyl groups excluding tert-OH is 1. The minimum atomic E-state index is 0.152. The van der Waals surface area contributed by atoms with E-state index in [1.807, 2.05) is 19.2 Å². The SMILES string of the molecule is CNc1nccc(NC(C)C(CO)SC)n1. The first kappa shape index (κ1) is 13.1. The van der Waals surface area contributed by atoms with Crippen molar-refractivity contribution >= 4 is 23.5 Å². The van der Waals surface area contributed by atoms with Gasteiger partial charge in [0.25, 0.3) is 0 Å². The van der Waals surface area contributed by atoms with Crippen LogP contribution in [-0.2, 0) is 0 Å². The van der Waals surface area contributed by atoms with Crippen LogP contribution in [0, 0.1) is 0 Å². The van der Waals surface area contributed by atoms with Gasteiger partial charge < -0.3 is 15.7 Å². The Morgan fingerprint density at radius 3 is 2.88 bits per heavy atom. The zero-order valence-corrected chi connectivity index (χ0v) is 10.6. The summed E-state index contributed by atoms with van der Waals surface area (Å²) < 4.78 is 0. The fraction of sp³-hybridized carbons (Fsp3) is 0.600. The summed E-state index contributed by atoms with van der Waals surface area (Å²) in [6.45, 7) is 2.18. The van der Waals surface area contributed by atoms with E-state index in [2.05, 4.69) is 20.6 Å². The molecular weight excluding hydrogens is 224 g/mol. The minimum Gasteiger partial charge on any atom is -0.395 e. The molecule has 90 valence electrons. The van der Waals surface area contributed by atoms with Crippen molar-refractivity contribution in [2.75, 3.05) is 30.5 Å². The van der Waals surface area contributed by atoms with Gasteiger partial charge >= 0.3 is 0 Å². The number of thioether (sulfide) groups is 1. The van der Waals surface area contributed by atoms with E-state index in [1.165, 1.54) is 0 Å². The predicted octanol–water partition coefficient (Wildman–Crippen LogP) is 1.04. The van der Waals surface area contributed by atoms with Crippen LogP contribution in [0.25, 0.3) is 0 Å². The number of hydrogen-bond donors (Lipinski definition) is 3. The Balaban J connectivity index is 2.64. The molecule has 0 aliphatic heterocycles. The Kier molecular flexibility index (Phi) is 5.34. The second-order valence-electron chi connectivity index (χ2n) is 3.41. The molecule has 0 saturated carbocycles. The lowest BCUT2D eigenvalue weighted by molar-refractivity contribution is 0.288. The molecule has 0 amide bonds. The lowest BCUT2D eigenvalue weighted by atomic mass is 10.2. The van der Waals surface area contributed by atoms with Crippen molar-refractivity contribution in [1.29, 1.82) is 0 Å². The molecule has 3 N–H and O–H groups in total. The molecule has 16 heavy (non-hydrogen) atoms. The summed E-state index contributed by atoms with van der Waals surface area (Å²) in [4.78, 5) is 8.29. The van der Waals surface area contributed by atoms with Crippen molar-refractivity contribution in [2.45, 2.75) is 18.2 Å². The number of hydrogen-bond acceptors (Lipinski definition) is 6. The van der Waals surface area contributed by atoms with Crippen molar-refractivity contribution in [3.05, 3.63) is 12.3 Å². The van der Waals surface area contributed by atoms with Crippen LogP contribution in [-0.4, -0.2) is 46.3 Å². The zero-order chi connectivity index (χ0) is 12.0. The summed E-state index contributed by atoms with van der Waals surface area (Å²) in [6.07, 6.45) is 3.68. The molecule has 1 aromatic rings. The molecule has 2 atom stereocenters. The third kappa shape index (κ3) is 3.53. The second kappa shape index (κ2) is 6.55. The molecule has 1 heterocycles. The highest BCUT2D eigenvalue weighted by Crippen LogP contribution is 2.15. The number of aliphatic hydroxyl groups is 1. The topological polar surface area (TPSA) is 70.1 Å². The third-order valence-corrected chi connectivity index (χ3v) is 3.46. The van der Waals surface area contributed by atoms with Crippen LogP contribution in [0.15, 0.2) is 12.3 Å². The highest BCUT2D eigenvalue weighted by atomic mass is 32.2. The number of rotatable bonds is 6. The van der Waals surface area contributed by atoms with Gasteiger partial charge in [0.1, 0.15) is 5.82 Å². The Morgan fingerprint density at radius 2 is 2.31 bits per heavy atom. The van der Waals surface area contributed by atoms with Gasteiger partial charge in [-0.15, -0.1) is 0 Å². The first-order valence-corrected chi connectivity index (χ1v) is 6.41. The van der Waals surface area contributed by atoms with Crippen LogP contribution < -0.4 is 10.6 Å². The van der Waals surface area contributed by atoms with Crippen LogP contribution in [0.2, 0.25) is 0 Å². The molecule has 0 bridgehead atoms. The van der Waals surface area contributed by atoms with E-state index < -0.39 is 0 Å². The van der Waals surface area contributed by atoms with Gasteiger partial charge in [0, 0.05) is 24.5 Å². The molecule has 6 heteroatoms. The maximum atomic E-state index is 9.17. The maximum absolute atomic E-state index is 9.17. The summed E-state index contributed by atoms with van der Waals surface area (Å²) in [5.41, 5.74) is 0. The van der Waals surface area contributed by atoms with Gasteiger partial charge in [0.05, 0.1) is 6.61 Å². The van der Waals surface area contributed by atoms with E-state index >= 15 is 0 Å². The standard InChI is InChI=1S/C10H18N4OS/c1-7(8(6-15)16-3)13-9-4-5-12-10(11-2)14-9/h4-5,7-8,15H,6H2,1-3H3,(H2,11,12,13,14). The van der Waals surface area contributed by atoms with Crippen molar-refractivity contribution in [2.24, 2.45) is 0 Å². The number of anilines is 2. The van der Waals surface area contributed by atoms with Crippen molar-refractivity contribution in [1.82, 2.24) is 9.97 Å². The Hall–Kier alpha value is -1.01. The zero-order valence-electron chi connectivity index (χ0n) is 9.77. The first-order chi connectivity index (χ1) is 7.71. The van der Waals surface area contributed by atoms with Gasteiger partial charge in [-0.25, -0.2) is 4.98 Å². The highest BCUT2D eigenvalue weighted by Gasteiger charge is 2.15. The molecular formula is C10H18N4OS.